The quantitative estimate of drug-likeness (QED) is 0.817. The number of nitrogens with one attached hydrogen (secondary N) is 1. The Kier molecular flexibility index (Phi) is 6.02. The van der Waals surface area contributed by atoms with Crippen LogP contribution in [0.1, 0.15) is 24.2 Å². The van der Waals surface area contributed by atoms with E-state index in [9.17, 15) is 13.6 Å². The Morgan fingerprint density at radius 3 is 2.68 bits per heavy atom. The monoisotopic (exact) mass is 291 g/mol. The lowest BCUT2D eigenvalue weighted by molar-refractivity contribution is -0.0498. The van der Waals surface area contributed by atoms with Crippen LogP contribution in [-0.4, -0.2) is 24.4 Å². The molecule has 0 aliphatic carbocycles. The maximum Gasteiger partial charge on any atom is 0.387 e. The molecule has 0 aromatic heterocycles. The van der Waals surface area contributed by atoms with Crippen molar-refractivity contribution in [2.75, 3.05) is 5.88 Å². The largest absolute Gasteiger partial charge is 0.435 e. The van der Waals surface area contributed by atoms with E-state index in [1.54, 1.807) is 0 Å². The predicted molar refractivity (Wildman–Crippen MR) is 69.9 cm³/mol. The van der Waals surface area contributed by atoms with Crippen LogP contribution in [0.2, 0.25) is 0 Å². The highest BCUT2D eigenvalue weighted by atomic mass is 35.5. The Labute approximate surface area is 115 Å². The van der Waals surface area contributed by atoms with Crippen LogP contribution in [-0.2, 0) is 0 Å². The van der Waals surface area contributed by atoms with Crippen molar-refractivity contribution in [3.63, 3.8) is 0 Å². The molecule has 1 aromatic carbocycles. The molecule has 0 bridgehead atoms. The first-order valence-electron chi connectivity index (χ1n) is 5.85. The molecule has 0 aliphatic rings. The third kappa shape index (κ3) is 5.03. The van der Waals surface area contributed by atoms with Gasteiger partial charge in [0.2, 0.25) is 0 Å². The SMILES string of the molecule is CC(CCl)C(C)NC(=O)c1cccc(OC(F)F)c1. The van der Waals surface area contributed by atoms with Gasteiger partial charge in [-0.1, -0.05) is 13.0 Å². The molecule has 1 aromatic rings. The zero-order valence-electron chi connectivity index (χ0n) is 10.7. The molecule has 6 heteroatoms. The van der Waals surface area contributed by atoms with Crippen LogP contribution in [0.5, 0.6) is 5.75 Å². The number of halogens is 3. The molecule has 0 saturated carbocycles. The lowest BCUT2D eigenvalue weighted by Gasteiger charge is -2.19. The van der Waals surface area contributed by atoms with Gasteiger partial charge in [-0.25, -0.2) is 0 Å². The van der Waals surface area contributed by atoms with Gasteiger partial charge in [0.15, 0.2) is 0 Å². The Morgan fingerprint density at radius 2 is 2.11 bits per heavy atom. The van der Waals surface area contributed by atoms with Gasteiger partial charge in [-0.2, -0.15) is 8.78 Å². The summed E-state index contributed by atoms with van der Waals surface area (Å²) in [7, 11) is 0. The average molecular weight is 292 g/mol. The van der Waals surface area contributed by atoms with Crippen molar-refractivity contribution in [1.29, 1.82) is 0 Å². The zero-order valence-corrected chi connectivity index (χ0v) is 11.5. The fourth-order valence-corrected chi connectivity index (χ4v) is 1.65. The minimum atomic E-state index is -2.91. The number of carbonyl (C=O) groups is 1. The first-order valence-corrected chi connectivity index (χ1v) is 6.39. The molecule has 2 atom stereocenters. The number of rotatable bonds is 6. The first kappa shape index (κ1) is 15.7. The van der Waals surface area contributed by atoms with Crippen molar-refractivity contribution in [3.05, 3.63) is 29.8 Å². The van der Waals surface area contributed by atoms with E-state index in [0.29, 0.717) is 5.88 Å². The molecule has 0 fully saturated rings. The summed E-state index contributed by atoms with van der Waals surface area (Å²) in [6.07, 6.45) is 0. The summed E-state index contributed by atoms with van der Waals surface area (Å²) in [5.74, 6) is 0.159. The minimum Gasteiger partial charge on any atom is -0.435 e. The van der Waals surface area contributed by atoms with Gasteiger partial charge in [-0.15, -0.1) is 11.6 Å². The smallest absolute Gasteiger partial charge is 0.387 e. The van der Waals surface area contributed by atoms with Crippen LogP contribution in [0.25, 0.3) is 0 Å². The third-order valence-corrected chi connectivity index (χ3v) is 3.26. The molecular formula is C13H16ClF2NO2. The molecule has 2 unspecified atom stereocenters. The molecule has 19 heavy (non-hydrogen) atoms. The molecule has 1 N–H and O–H groups in total. The van der Waals surface area contributed by atoms with Crippen LogP contribution in [0.4, 0.5) is 8.78 Å². The van der Waals surface area contributed by atoms with Gasteiger partial charge >= 0.3 is 6.61 Å². The van der Waals surface area contributed by atoms with Gasteiger partial charge in [-0.05, 0) is 31.0 Å². The summed E-state index contributed by atoms with van der Waals surface area (Å²) < 4.78 is 28.4. The highest BCUT2D eigenvalue weighted by Crippen LogP contribution is 2.16. The highest BCUT2D eigenvalue weighted by Gasteiger charge is 2.15. The Bertz CT molecular complexity index is 429. The van der Waals surface area contributed by atoms with E-state index in [1.165, 1.54) is 24.3 Å². The second kappa shape index (κ2) is 7.28. The lowest BCUT2D eigenvalue weighted by Crippen LogP contribution is -2.37. The molecule has 0 saturated heterocycles. The molecule has 0 spiro atoms. The van der Waals surface area contributed by atoms with Gasteiger partial charge in [0.1, 0.15) is 5.75 Å². The van der Waals surface area contributed by atoms with Crippen molar-refractivity contribution in [3.8, 4) is 5.75 Å². The predicted octanol–water partition coefficient (Wildman–Crippen LogP) is 3.28. The van der Waals surface area contributed by atoms with Gasteiger partial charge in [0.05, 0.1) is 0 Å². The van der Waals surface area contributed by atoms with E-state index in [0.717, 1.165) is 0 Å². The lowest BCUT2D eigenvalue weighted by atomic mass is 10.1. The van der Waals surface area contributed by atoms with Gasteiger partial charge in [-0.3, -0.25) is 4.79 Å². The summed E-state index contributed by atoms with van der Waals surface area (Å²) in [6.45, 7) is 0.840. The molecule has 0 heterocycles. The molecule has 1 amide bonds. The molecule has 1 rings (SSSR count). The van der Waals surface area contributed by atoms with Crippen LogP contribution in [0, 0.1) is 5.92 Å². The maximum absolute atomic E-state index is 12.1. The summed E-state index contributed by atoms with van der Waals surface area (Å²) >= 11 is 5.70. The normalized spacial score (nSPS) is 14.0. The fourth-order valence-electron chi connectivity index (χ4n) is 1.38. The van der Waals surface area contributed by atoms with Crippen LogP contribution in [0.15, 0.2) is 24.3 Å². The van der Waals surface area contributed by atoms with Crippen molar-refractivity contribution in [2.24, 2.45) is 5.92 Å². The minimum absolute atomic E-state index is 0.0410. The van der Waals surface area contributed by atoms with Crippen molar-refractivity contribution >= 4 is 17.5 Å². The number of hydrogen-bond donors (Lipinski definition) is 1. The second-order valence-electron chi connectivity index (χ2n) is 4.30. The number of hydrogen-bond acceptors (Lipinski definition) is 2. The summed E-state index contributed by atoms with van der Waals surface area (Å²) in [5, 5.41) is 2.76. The van der Waals surface area contributed by atoms with Crippen molar-refractivity contribution < 1.29 is 18.3 Å². The van der Waals surface area contributed by atoms with Crippen LogP contribution in [0.3, 0.4) is 0 Å². The summed E-state index contributed by atoms with van der Waals surface area (Å²) in [4.78, 5) is 11.9. The van der Waals surface area contributed by atoms with E-state index < -0.39 is 6.61 Å². The van der Waals surface area contributed by atoms with E-state index in [4.69, 9.17) is 11.6 Å². The number of amides is 1. The Balaban J connectivity index is 2.71. The number of benzene rings is 1. The molecular weight excluding hydrogens is 276 g/mol. The second-order valence-corrected chi connectivity index (χ2v) is 4.61. The molecule has 3 nitrogen and oxygen atoms in total. The van der Waals surface area contributed by atoms with E-state index in [-0.39, 0.29) is 29.2 Å². The molecule has 0 aliphatic heterocycles. The number of alkyl halides is 3. The fraction of sp³-hybridized carbons (Fsp3) is 0.462. The number of carbonyl (C=O) groups excluding carboxylic acids is 1. The molecule has 0 radical (unpaired) electrons. The standard InChI is InChI=1S/C13H16ClF2NO2/c1-8(7-14)9(2)17-12(18)10-4-3-5-11(6-10)19-13(15)16/h3-6,8-9,13H,7H2,1-2H3,(H,17,18). The van der Waals surface area contributed by atoms with E-state index in [1.807, 2.05) is 13.8 Å². The van der Waals surface area contributed by atoms with Gasteiger partial charge < -0.3 is 10.1 Å². The summed E-state index contributed by atoms with van der Waals surface area (Å²) in [6, 6.07) is 5.56. The van der Waals surface area contributed by atoms with Crippen LogP contribution >= 0.6 is 11.6 Å². The maximum atomic E-state index is 12.1. The molecule has 106 valence electrons. The summed E-state index contributed by atoms with van der Waals surface area (Å²) in [5.41, 5.74) is 0.270. The van der Waals surface area contributed by atoms with Crippen molar-refractivity contribution in [1.82, 2.24) is 5.32 Å². The van der Waals surface area contributed by atoms with Gasteiger partial charge in [0.25, 0.3) is 5.91 Å². The van der Waals surface area contributed by atoms with Crippen LogP contribution < -0.4 is 10.1 Å². The third-order valence-electron chi connectivity index (χ3n) is 2.78. The first-order chi connectivity index (χ1) is 8.93. The Hall–Kier alpha value is -1.36. The highest BCUT2D eigenvalue weighted by molar-refractivity contribution is 6.18. The number of ether oxygens (including phenoxy) is 1. The van der Waals surface area contributed by atoms with Gasteiger partial charge in [0, 0.05) is 17.5 Å². The van der Waals surface area contributed by atoms with E-state index >= 15 is 0 Å². The Morgan fingerprint density at radius 1 is 1.42 bits per heavy atom. The van der Waals surface area contributed by atoms with Crippen molar-refractivity contribution in [2.45, 2.75) is 26.5 Å². The average Bonchev–Trinajstić information content (AvgIpc) is 2.37. The zero-order chi connectivity index (χ0) is 14.4. The van der Waals surface area contributed by atoms with E-state index in [2.05, 4.69) is 10.1 Å². The topological polar surface area (TPSA) is 38.3 Å².